The van der Waals surface area contributed by atoms with E-state index in [2.05, 4.69) is 40.3 Å². The third kappa shape index (κ3) is 4.22. The van der Waals surface area contributed by atoms with Crippen LogP contribution in [0.4, 0.5) is 0 Å². The summed E-state index contributed by atoms with van der Waals surface area (Å²) in [6.07, 6.45) is 0.820. The first-order valence-corrected chi connectivity index (χ1v) is 8.13. The minimum absolute atomic E-state index is 0.171. The number of hydrogen-bond donors (Lipinski definition) is 1. The van der Waals surface area contributed by atoms with E-state index in [0.29, 0.717) is 0 Å². The van der Waals surface area contributed by atoms with Crippen LogP contribution >= 0.6 is 27.5 Å². The minimum atomic E-state index is 0.171. The standard InChI is InChI=1S/C17H19BrClNO/c1-3-20-16(14-6-4-5-7-17(14)21-2)10-12-8-9-13(18)11-15(12)19/h4-9,11,16,20H,3,10H2,1-2H3. The monoisotopic (exact) mass is 367 g/mol. The number of likely N-dealkylation sites (N-methyl/N-ethyl adjacent to an activating group) is 1. The molecular weight excluding hydrogens is 350 g/mol. The summed E-state index contributed by atoms with van der Waals surface area (Å²) in [5.41, 5.74) is 2.28. The summed E-state index contributed by atoms with van der Waals surface area (Å²) in [4.78, 5) is 0. The highest BCUT2D eigenvalue weighted by Gasteiger charge is 2.16. The van der Waals surface area contributed by atoms with Crippen LogP contribution < -0.4 is 10.1 Å². The molecule has 112 valence electrons. The molecule has 21 heavy (non-hydrogen) atoms. The van der Waals surface area contributed by atoms with Gasteiger partial charge >= 0.3 is 0 Å². The Bertz CT molecular complexity index is 603. The molecule has 0 saturated carbocycles. The number of rotatable bonds is 6. The molecule has 1 N–H and O–H groups in total. The first-order chi connectivity index (χ1) is 10.2. The van der Waals surface area contributed by atoms with Crippen LogP contribution in [0.5, 0.6) is 5.75 Å². The lowest BCUT2D eigenvalue weighted by Gasteiger charge is -2.21. The van der Waals surface area contributed by atoms with E-state index in [1.165, 1.54) is 0 Å². The Balaban J connectivity index is 2.30. The number of methoxy groups -OCH3 is 1. The third-order valence-electron chi connectivity index (χ3n) is 3.40. The van der Waals surface area contributed by atoms with Gasteiger partial charge in [-0.05, 0) is 36.7 Å². The van der Waals surface area contributed by atoms with Gasteiger partial charge in [-0.1, -0.05) is 58.7 Å². The molecule has 0 spiro atoms. The van der Waals surface area contributed by atoms with Gasteiger partial charge in [0, 0.05) is 21.1 Å². The van der Waals surface area contributed by atoms with Gasteiger partial charge in [0.2, 0.25) is 0 Å². The fourth-order valence-corrected chi connectivity index (χ4v) is 3.15. The quantitative estimate of drug-likeness (QED) is 0.774. The highest BCUT2D eigenvalue weighted by molar-refractivity contribution is 9.10. The van der Waals surface area contributed by atoms with Crippen molar-refractivity contribution in [3.05, 3.63) is 63.1 Å². The van der Waals surface area contributed by atoms with E-state index in [1.807, 2.05) is 30.3 Å². The maximum Gasteiger partial charge on any atom is 0.123 e. The van der Waals surface area contributed by atoms with Gasteiger partial charge in [0.1, 0.15) is 5.75 Å². The SMILES string of the molecule is CCNC(Cc1ccc(Br)cc1Cl)c1ccccc1OC. The summed E-state index contributed by atoms with van der Waals surface area (Å²) in [5, 5.41) is 4.29. The predicted octanol–water partition coefficient (Wildman–Crippen LogP) is 5.00. The lowest BCUT2D eigenvalue weighted by Crippen LogP contribution is -2.23. The fourth-order valence-electron chi connectivity index (χ4n) is 2.40. The van der Waals surface area contributed by atoms with Gasteiger partial charge in [-0.3, -0.25) is 0 Å². The van der Waals surface area contributed by atoms with E-state index >= 15 is 0 Å². The Hall–Kier alpha value is -1.03. The molecule has 1 atom stereocenters. The van der Waals surface area contributed by atoms with E-state index in [1.54, 1.807) is 7.11 Å². The van der Waals surface area contributed by atoms with Crippen molar-refractivity contribution < 1.29 is 4.74 Å². The van der Waals surface area contributed by atoms with Crippen molar-refractivity contribution in [2.75, 3.05) is 13.7 Å². The molecule has 0 aliphatic heterocycles. The van der Waals surface area contributed by atoms with Crippen LogP contribution in [-0.2, 0) is 6.42 Å². The van der Waals surface area contributed by atoms with Crippen molar-refractivity contribution in [1.82, 2.24) is 5.32 Å². The van der Waals surface area contributed by atoms with Crippen LogP contribution in [0, 0.1) is 0 Å². The lowest BCUT2D eigenvalue weighted by molar-refractivity contribution is 0.399. The average Bonchev–Trinajstić information content (AvgIpc) is 2.49. The van der Waals surface area contributed by atoms with Crippen molar-refractivity contribution in [3.63, 3.8) is 0 Å². The van der Waals surface area contributed by atoms with Gasteiger partial charge in [0.15, 0.2) is 0 Å². The second-order valence-corrected chi connectivity index (χ2v) is 6.11. The van der Waals surface area contributed by atoms with Crippen LogP contribution in [0.15, 0.2) is 46.9 Å². The van der Waals surface area contributed by atoms with Crippen LogP contribution in [0.3, 0.4) is 0 Å². The molecule has 0 fully saturated rings. The number of hydrogen-bond acceptors (Lipinski definition) is 2. The normalized spacial score (nSPS) is 12.2. The van der Waals surface area contributed by atoms with Crippen LogP contribution in [-0.4, -0.2) is 13.7 Å². The smallest absolute Gasteiger partial charge is 0.123 e. The van der Waals surface area contributed by atoms with Crippen molar-refractivity contribution >= 4 is 27.5 Å². The third-order valence-corrected chi connectivity index (χ3v) is 4.25. The van der Waals surface area contributed by atoms with Crippen molar-refractivity contribution in [2.24, 2.45) is 0 Å². The number of nitrogens with one attached hydrogen (secondary N) is 1. The Morgan fingerprint density at radius 2 is 2.00 bits per heavy atom. The average molecular weight is 369 g/mol. The number of para-hydroxylation sites is 1. The van der Waals surface area contributed by atoms with Gasteiger partial charge in [-0.25, -0.2) is 0 Å². The molecule has 2 nitrogen and oxygen atoms in total. The maximum absolute atomic E-state index is 6.35. The van der Waals surface area contributed by atoms with E-state index in [4.69, 9.17) is 16.3 Å². The van der Waals surface area contributed by atoms with Crippen molar-refractivity contribution in [1.29, 1.82) is 0 Å². The molecule has 0 saturated heterocycles. The second kappa shape index (κ2) is 7.83. The fraction of sp³-hybridized carbons (Fsp3) is 0.294. The van der Waals surface area contributed by atoms with Gasteiger partial charge in [0.05, 0.1) is 7.11 Å². The molecule has 2 aromatic carbocycles. The van der Waals surface area contributed by atoms with E-state index in [0.717, 1.165) is 39.3 Å². The zero-order valence-electron chi connectivity index (χ0n) is 12.2. The Kier molecular flexibility index (Phi) is 6.09. The predicted molar refractivity (Wildman–Crippen MR) is 92.3 cm³/mol. The van der Waals surface area contributed by atoms with E-state index < -0.39 is 0 Å². The molecule has 0 aromatic heterocycles. The molecule has 0 heterocycles. The van der Waals surface area contributed by atoms with Gasteiger partial charge in [-0.15, -0.1) is 0 Å². The summed E-state index contributed by atoms with van der Waals surface area (Å²) in [7, 11) is 1.70. The van der Waals surface area contributed by atoms with Gasteiger partial charge in [0.25, 0.3) is 0 Å². The molecule has 1 unspecified atom stereocenters. The summed E-state index contributed by atoms with van der Waals surface area (Å²) >= 11 is 9.79. The van der Waals surface area contributed by atoms with Crippen LogP contribution in [0.25, 0.3) is 0 Å². The summed E-state index contributed by atoms with van der Waals surface area (Å²) in [6.45, 7) is 2.99. The van der Waals surface area contributed by atoms with Crippen LogP contribution in [0.2, 0.25) is 5.02 Å². The molecule has 0 aliphatic carbocycles. The Morgan fingerprint density at radius 3 is 2.67 bits per heavy atom. The van der Waals surface area contributed by atoms with E-state index in [-0.39, 0.29) is 6.04 Å². The number of benzene rings is 2. The Morgan fingerprint density at radius 1 is 1.24 bits per heavy atom. The van der Waals surface area contributed by atoms with Crippen LogP contribution in [0.1, 0.15) is 24.1 Å². The van der Waals surface area contributed by atoms with E-state index in [9.17, 15) is 0 Å². The zero-order valence-corrected chi connectivity index (χ0v) is 14.5. The molecule has 0 radical (unpaired) electrons. The second-order valence-electron chi connectivity index (χ2n) is 4.79. The first-order valence-electron chi connectivity index (χ1n) is 6.96. The summed E-state index contributed by atoms with van der Waals surface area (Å²) < 4.78 is 6.47. The molecule has 0 aliphatic rings. The number of ether oxygens (including phenoxy) is 1. The number of halogens is 2. The van der Waals surface area contributed by atoms with Crippen molar-refractivity contribution in [3.8, 4) is 5.75 Å². The molecule has 2 rings (SSSR count). The molecular formula is C17H19BrClNO. The summed E-state index contributed by atoms with van der Waals surface area (Å²) in [5.74, 6) is 0.900. The topological polar surface area (TPSA) is 21.3 Å². The largest absolute Gasteiger partial charge is 0.496 e. The maximum atomic E-state index is 6.35. The lowest BCUT2D eigenvalue weighted by atomic mass is 9.98. The molecule has 2 aromatic rings. The molecule has 0 bridgehead atoms. The molecule has 4 heteroatoms. The highest BCUT2D eigenvalue weighted by atomic mass is 79.9. The first kappa shape index (κ1) is 16.3. The minimum Gasteiger partial charge on any atom is -0.496 e. The zero-order chi connectivity index (χ0) is 15.2. The Labute approximate surface area is 139 Å². The van der Waals surface area contributed by atoms with Gasteiger partial charge < -0.3 is 10.1 Å². The summed E-state index contributed by atoms with van der Waals surface area (Å²) in [6, 6.07) is 14.3. The van der Waals surface area contributed by atoms with Crippen molar-refractivity contribution in [2.45, 2.75) is 19.4 Å². The highest BCUT2D eigenvalue weighted by Crippen LogP contribution is 2.30. The van der Waals surface area contributed by atoms with Gasteiger partial charge in [-0.2, -0.15) is 0 Å². The molecule has 0 amide bonds.